The molecular weight excluding hydrogens is 364 g/mol. The van der Waals surface area contributed by atoms with Gasteiger partial charge in [0, 0.05) is 39.6 Å². The lowest BCUT2D eigenvalue weighted by atomic mass is 9.84. The fourth-order valence-electron chi connectivity index (χ4n) is 3.13. The molecule has 142 valence electrons. The van der Waals surface area contributed by atoms with Crippen LogP contribution >= 0.6 is 11.6 Å². The zero-order valence-corrected chi connectivity index (χ0v) is 16.6. The van der Waals surface area contributed by atoms with Gasteiger partial charge in [-0.25, -0.2) is 0 Å². The van der Waals surface area contributed by atoms with E-state index in [1.54, 1.807) is 32.4 Å². The Bertz CT molecular complexity index is 979. The van der Waals surface area contributed by atoms with Crippen molar-refractivity contribution < 1.29 is 14.3 Å². The van der Waals surface area contributed by atoms with Crippen LogP contribution in [0.4, 0.5) is 0 Å². The molecule has 0 spiro atoms. The summed E-state index contributed by atoms with van der Waals surface area (Å²) in [6, 6.07) is 10.9. The number of carbonyl (C=O) groups excluding carboxylic acids is 1. The lowest BCUT2D eigenvalue weighted by Gasteiger charge is -2.25. The van der Waals surface area contributed by atoms with Gasteiger partial charge in [0.2, 0.25) is 0 Å². The van der Waals surface area contributed by atoms with E-state index in [-0.39, 0.29) is 11.3 Å². The van der Waals surface area contributed by atoms with Gasteiger partial charge in [0.05, 0.1) is 14.2 Å². The Hall–Kier alpha value is -2.66. The number of benzene rings is 2. The standard InChI is InChI=1S/C21H23ClN2O3/c1-21(2,16-11-23-17-7-6-14(22)10-15(16)17)12-24-20(25)13-5-8-18(26-3)19(9-13)27-4/h5-11,23H,12H2,1-4H3,(H,24,25). The fourth-order valence-corrected chi connectivity index (χ4v) is 3.30. The first-order valence-electron chi connectivity index (χ1n) is 8.63. The third-order valence-electron chi connectivity index (χ3n) is 4.71. The summed E-state index contributed by atoms with van der Waals surface area (Å²) in [6.45, 7) is 4.65. The third-order valence-corrected chi connectivity index (χ3v) is 4.94. The zero-order chi connectivity index (χ0) is 19.6. The van der Waals surface area contributed by atoms with Gasteiger partial charge in [0.1, 0.15) is 0 Å². The average Bonchev–Trinajstić information content (AvgIpc) is 3.09. The molecule has 0 unspecified atom stereocenters. The molecule has 27 heavy (non-hydrogen) atoms. The molecule has 1 amide bonds. The van der Waals surface area contributed by atoms with E-state index in [1.165, 1.54) is 0 Å². The number of methoxy groups -OCH3 is 2. The van der Waals surface area contributed by atoms with Crippen LogP contribution in [0.25, 0.3) is 10.9 Å². The van der Waals surface area contributed by atoms with Crippen LogP contribution in [-0.2, 0) is 5.41 Å². The summed E-state index contributed by atoms with van der Waals surface area (Å²) in [4.78, 5) is 15.9. The van der Waals surface area contributed by atoms with Crippen molar-refractivity contribution in [3.63, 3.8) is 0 Å². The number of amides is 1. The number of fused-ring (bicyclic) bond motifs is 1. The predicted octanol–water partition coefficient (Wildman–Crippen LogP) is 4.55. The molecule has 0 radical (unpaired) electrons. The van der Waals surface area contributed by atoms with E-state index >= 15 is 0 Å². The summed E-state index contributed by atoms with van der Waals surface area (Å²) in [7, 11) is 3.11. The lowest BCUT2D eigenvalue weighted by molar-refractivity contribution is 0.0945. The number of ether oxygens (including phenoxy) is 2. The van der Waals surface area contributed by atoms with Crippen molar-refractivity contribution in [1.82, 2.24) is 10.3 Å². The molecule has 3 rings (SSSR count). The minimum absolute atomic E-state index is 0.165. The van der Waals surface area contributed by atoms with Gasteiger partial charge in [-0.15, -0.1) is 0 Å². The maximum atomic E-state index is 12.6. The molecule has 2 N–H and O–H groups in total. The zero-order valence-electron chi connectivity index (χ0n) is 15.9. The maximum absolute atomic E-state index is 12.6. The second-order valence-electron chi connectivity index (χ2n) is 7.03. The van der Waals surface area contributed by atoms with E-state index in [1.807, 2.05) is 24.4 Å². The maximum Gasteiger partial charge on any atom is 0.251 e. The second-order valence-corrected chi connectivity index (χ2v) is 7.47. The molecule has 0 aliphatic heterocycles. The fraction of sp³-hybridized carbons (Fsp3) is 0.286. The Morgan fingerprint density at radius 3 is 2.56 bits per heavy atom. The molecule has 0 bridgehead atoms. The Kier molecular flexibility index (Phi) is 5.33. The predicted molar refractivity (Wildman–Crippen MR) is 108 cm³/mol. The normalized spacial score (nSPS) is 11.4. The minimum atomic E-state index is -0.283. The highest BCUT2D eigenvalue weighted by Gasteiger charge is 2.25. The van der Waals surface area contributed by atoms with Crippen molar-refractivity contribution in [2.24, 2.45) is 0 Å². The van der Waals surface area contributed by atoms with Gasteiger partial charge in [0.15, 0.2) is 11.5 Å². The molecule has 5 nitrogen and oxygen atoms in total. The molecule has 3 aromatic rings. The van der Waals surface area contributed by atoms with Gasteiger partial charge in [-0.1, -0.05) is 25.4 Å². The van der Waals surface area contributed by atoms with Crippen LogP contribution in [0, 0.1) is 0 Å². The Labute approximate surface area is 163 Å². The van der Waals surface area contributed by atoms with Gasteiger partial charge < -0.3 is 19.8 Å². The number of hydrogen-bond donors (Lipinski definition) is 2. The summed E-state index contributed by atoms with van der Waals surface area (Å²) in [5.41, 5.74) is 2.36. The van der Waals surface area contributed by atoms with Crippen molar-refractivity contribution in [2.75, 3.05) is 20.8 Å². The summed E-state index contributed by atoms with van der Waals surface area (Å²) < 4.78 is 10.5. The molecule has 0 fully saturated rings. The highest BCUT2D eigenvalue weighted by molar-refractivity contribution is 6.31. The summed E-state index contributed by atoms with van der Waals surface area (Å²) in [5, 5.41) is 4.76. The van der Waals surface area contributed by atoms with Crippen LogP contribution in [-0.4, -0.2) is 31.7 Å². The minimum Gasteiger partial charge on any atom is -0.493 e. The Balaban J connectivity index is 1.78. The van der Waals surface area contributed by atoms with Gasteiger partial charge >= 0.3 is 0 Å². The Morgan fingerprint density at radius 1 is 1.11 bits per heavy atom. The van der Waals surface area contributed by atoms with Crippen LogP contribution in [0.3, 0.4) is 0 Å². The van der Waals surface area contributed by atoms with Crippen molar-refractivity contribution in [2.45, 2.75) is 19.3 Å². The first kappa shape index (κ1) is 19.1. The number of aromatic amines is 1. The van der Waals surface area contributed by atoms with Crippen LogP contribution in [0.5, 0.6) is 11.5 Å². The number of aromatic nitrogens is 1. The number of nitrogens with one attached hydrogen (secondary N) is 2. The number of H-pyrrole nitrogens is 1. The summed E-state index contributed by atoms with van der Waals surface area (Å²) in [6.07, 6.45) is 1.98. The first-order chi connectivity index (χ1) is 12.9. The second kappa shape index (κ2) is 7.53. The largest absolute Gasteiger partial charge is 0.493 e. The lowest BCUT2D eigenvalue weighted by Crippen LogP contribution is -2.36. The van der Waals surface area contributed by atoms with E-state index < -0.39 is 0 Å². The van der Waals surface area contributed by atoms with Crippen LogP contribution < -0.4 is 14.8 Å². The highest BCUT2D eigenvalue weighted by atomic mass is 35.5. The third kappa shape index (κ3) is 3.88. The van der Waals surface area contributed by atoms with E-state index in [2.05, 4.69) is 24.1 Å². The summed E-state index contributed by atoms with van der Waals surface area (Å²) >= 11 is 6.15. The SMILES string of the molecule is COc1ccc(C(=O)NCC(C)(C)c2c[nH]c3ccc(Cl)cc23)cc1OC. The van der Waals surface area contributed by atoms with Gasteiger partial charge in [-0.05, 0) is 42.0 Å². The molecule has 1 aromatic heterocycles. The number of halogens is 1. The number of hydrogen-bond acceptors (Lipinski definition) is 3. The quantitative estimate of drug-likeness (QED) is 0.653. The van der Waals surface area contributed by atoms with Crippen molar-refractivity contribution in [3.8, 4) is 11.5 Å². The monoisotopic (exact) mass is 386 g/mol. The van der Waals surface area contributed by atoms with Crippen LogP contribution in [0.15, 0.2) is 42.6 Å². The average molecular weight is 387 g/mol. The molecule has 6 heteroatoms. The Morgan fingerprint density at radius 2 is 1.85 bits per heavy atom. The van der Waals surface area contributed by atoms with Gasteiger partial charge in [-0.2, -0.15) is 0 Å². The highest BCUT2D eigenvalue weighted by Crippen LogP contribution is 2.32. The van der Waals surface area contributed by atoms with E-state index in [0.717, 1.165) is 16.5 Å². The molecule has 2 aromatic carbocycles. The van der Waals surface area contributed by atoms with E-state index in [9.17, 15) is 4.79 Å². The molecule has 1 heterocycles. The molecular formula is C21H23ClN2O3. The molecule has 0 saturated carbocycles. The first-order valence-corrected chi connectivity index (χ1v) is 9.01. The van der Waals surface area contributed by atoms with Gasteiger partial charge in [-0.3, -0.25) is 4.79 Å². The van der Waals surface area contributed by atoms with Crippen LogP contribution in [0.2, 0.25) is 5.02 Å². The summed E-state index contributed by atoms with van der Waals surface area (Å²) in [5.74, 6) is 0.947. The van der Waals surface area contributed by atoms with E-state index in [0.29, 0.717) is 28.6 Å². The smallest absolute Gasteiger partial charge is 0.251 e. The topological polar surface area (TPSA) is 63.3 Å². The van der Waals surface area contributed by atoms with Crippen molar-refractivity contribution >= 4 is 28.4 Å². The van der Waals surface area contributed by atoms with Crippen LogP contribution in [0.1, 0.15) is 29.8 Å². The molecule has 0 aliphatic carbocycles. The molecule has 0 saturated heterocycles. The number of carbonyl (C=O) groups is 1. The van der Waals surface area contributed by atoms with E-state index in [4.69, 9.17) is 21.1 Å². The number of rotatable bonds is 6. The van der Waals surface area contributed by atoms with Crippen molar-refractivity contribution in [3.05, 3.63) is 58.7 Å². The molecule has 0 aliphatic rings. The van der Waals surface area contributed by atoms with Crippen molar-refractivity contribution in [1.29, 1.82) is 0 Å². The van der Waals surface area contributed by atoms with Gasteiger partial charge in [0.25, 0.3) is 5.91 Å². The molecule has 0 atom stereocenters.